The van der Waals surface area contributed by atoms with Gasteiger partial charge in [0.15, 0.2) is 0 Å². The maximum Gasteiger partial charge on any atom is 0.132 e. The molecule has 37 heavy (non-hydrogen) atoms. The van der Waals surface area contributed by atoms with Gasteiger partial charge in [0.05, 0.1) is 0 Å². The number of hydrogen-bond donors (Lipinski definition) is 2. The average molecular weight is 505 g/mol. The molecular formula is C32H38F2N2O. The molecule has 2 aromatic heterocycles. The molecule has 4 aromatic rings. The zero-order chi connectivity index (χ0) is 26.2. The summed E-state index contributed by atoms with van der Waals surface area (Å²) in [5.74, 6) is 0.136. The highest BCUT2D eigenvalue weighted by Gasteiger charge is 2.16. The highest BCUT2D eigenvalue weighted by atomic mass is 19.1. The molecule has 2 N–H and O–H groups in total. The zero-order valence-corrected chi connectivity index (χ0v) is 22.1. The highest BCUT2D eigenvalue weighted by Crippen LogP contribution is 2.35. The van der Waals surface area contributed by atoms with E-state index < -0.39 is 0 Å². The van der Waals surface area contributed by atoms with E-state index in [1.807, 2.05) is 12.1 Å². The topological polar surface area (TPSA) is 48.6 Å². The monoisotopic (exact) mass is 504 g/mol. The van der Waals surface area contributed by atoms with Crippen LogP contribution in [0.25, 0.3) is 27.4 Å². The van der Waals surface area contributed by atoms with Crippen molar-refractivity contribution in [2.24, 2.45) is 0 Å². The molecule has 0 bridgehead atoms. The summed E-state index contributed by atoms with van der Waals surface area (Å²) in [4.78, 5) is 17.1. The van der Waals surface area contributed by atoms with Gasteiger partial charge in [-0.05, 0) is 99.4 Å². The molecule has 1 fully saturated rings. The molecule has 0 radical (unpaired) electrons. The fourth-order valence-electron chi connectivity index (χ4n) is 5.22. The Bertz CT molecular complexity index is 1370. The Morgan fingerprint density at radius 1 is 0.757 bits per heavy atom. The van der Waals surface area contributed by atoms with E-state index in [1.54, 1.807) is 18.2 Å². The van der Waals surface area contributed by atoms with Gasteiger partial charge in [-0.25, -0.2) is 8.78 Å². The van der Waals surface area contributed by atoms with E-state index in [1.165, 1.54) is 48.2 Å². The quantitative estimate of drug-likeness (QED) is 0.287. The summed E-state index contributed by atoms with van der Waals surface area (Å²) in [5.41, 5.74) is 7.10. The number of carbonyl (C=O) groups excluding carboxylic acids is 1. The van der Waals surface area contributed by atoms with Gasteiger partial charge in [0.2, 0.25) is 0 Å². The van der Waals surface area contributed by atoms with Crippen LogP contribution in [-0.4, -0.2) is 15.8 Å². The van der Waals surface area contributed by atoms with Crippen LogP contribution in [0.5, 0.6) is 0 Å². The number of fused-ring (bicyclic) bond motifs is 2. The van der Waals surface area contributed by atoms with Crippen LogP contribution in [0, 0.1) is 11.6 Å². The van der Waals surface area contributed by atoms with Gasteiger partial charge in [-0.2, -0.15) is 0 Å². The second-order valence-electron chi connectivity index (χ2n) is 9.98. The number of benzene rings is 2. The van der Waals surface area contributed by atoms with Crippen LogP contribution in [0.1, 0.15) is 88.6 Å². The Labute approximate surface area is 218 Å². The van der Waals surface area contributed by atoms with Gasteiger partial charge >= 0.3 is 0 Å². The van der Waals surface area contributed by atoms with Crippen LogP contribution in [0.3, 0.4) is 0 Å². The molecule has 0 spiro atoms. The van der Waals surface area contributed by atoms with E-state index in [0.717, 1.165) is 78.9 Å². The maximum atomic E-state index is 13.5. The molecule has 1 saturated carbocycles. The zero-order valence-electron chi connectivity index (χ0n) is 22.1. The van der Waals surface area contributed by atoms with Crippen molar-refractivity contribution in [3.05, 3.63) is 77.1 Å². The smallest absolute Gasteiger partial charge is 0.132 e. The van der Waals surface area contributed by atoms with Crippen molar-refractivity contribution in [1.29, 1.82) is 0 Å². The average Bonchev–Trinajstić information content (AvgIpc) is 3.50. The number of ketones is 1. The lowest BCUT2D eigenvalue weighted by Gasteiger charge is -2.13. The van der Waals surface area contributed by atoms with Gasteiger partial charge in [-0.3, -0.25) is 4.79 Å². The minimum Gasteiger partial charge on any atom is -0.358 e. The molecule has 6 rings (SSSR count). The lowest BCUT2D eigenvalue weighted by molar-refractivity contribution is -0.120. The summed E-state index contributed by atoms with van der Waals surface area (Å²) < 4.78 is 26.2. The fourth-order valence-corrected chi connectivity index (χ4v) is 5.22. The summed E-state index contributed by atoms with van der Waals surface area (Å²) in [5, 5.41) is 1.99. The van der Waals surface area contributed by atoms with Gasteiger partial charge in [-0.1, -0.05) is 26.3 Å². The van der Waals surface area contributed by atoms with E-state index in [9.17, 15) is 13.6 Å². The van der Waals surface area contributed by atoms with Crippen LogP contribution in [0.15, 0.2) is 48.5 Å². The second-order valence-corrected chi connectivity index (χ2v) is 9.98. The van der Waals surface area contributed by atoms with Crippen molar-refractivity contribution in [2.45, 2.75) is 84.5 Å². The van der Waals surface area contributed by atoms with Crippen molar-refractivity contribution in [1.82, 2.24) is 9.97 Å². The van der Waals surface area contributed by atoms with Crippen LogP contribution >= 0.6 is 0 Å². The summed E-state index contributed by atoms with van der Waals surface area (Å²) in [6, 6.07) is 11.8. The minimum atomic E-state index is -0.177. The van der Waals surface area contributed by atoms with Crippen LogP contribution < -0.4 is 0 Å². The van der Waals surface area contributed by atoms with Gasteiger partial charge < -0.3 is 9.97 Å². The van der Waals surface area contributed by atoms with Crippen LogP contribution in [0.2, 0.25) is 0 Å². The molecular weight excluding hydrogens is 466 g/mol. The largest absolute Gasteiger partial charge is 0.358 e. The molecule has 2 aliphatic rings. The lowest BCUT2D eigenvalue weighted by atomic mass is 9.91. The Morgan fingerprint density at radius 2 is 1.46 bits per heavy atom. The number of aromatic nitrogens is 2. The first-order valence-corrected chi connectivity index (χ1v) is 13.8. The van der Waals surface area contributed by atoms with Gasteiger partial charge in [0.25, 0.3) is 0 Å². The number of halogens is 2. The molecule has 0 unspecified atom stereocenters. The van der Waals surface area contributed by atoms with Crippen molar-refractivity contribution < 1.29 is 13.6 Å². The molecule has 196 valence electrons. The molecule has 2 heterocycles. The molecule has 5 heteroatoms. The van der Waals surface area contributed by atoms with Crippen LogP contribution in [-0.2, 0) is 17.6 Å². The van der Waals surface area contributed by atoms with Gasteiger partial charge in [0.1, 0.15) is 17.4 Å². The Morgan fingerprint density at radius 3 is 2.08 bits per heavy atom. The van der Waals surface area contributed by atoms with E-state index in [-0.39, 0.29) is 11.6 Å². The first-order chi connectivity index (χ1) is 18.0. The van der Waals surface area contributed by atoms with Crippen molar-refractivity contribution in [3.8, 4) is 0 Å². The SMILES string of the molecule is CCc1[nH]c2ccc(F)cc2c1C1=CCCCC1.CCc1cc2cc(F)ccc2[nH]1.O=C1CCCCC1. The number of nitrogens with one attached hydrogen (secondary N) is 2. The summed E-state index contributed by atoms with van der Waals surface area (Å²) in [6.07, 6.45) is 14.3. The molecule has 2 aromatic carbocycles. The number of allylic oxidation sites excluding steroid dienone is 2. The number of carbonyl (C=O) groups is 1. The second kappa shape index (κ2) is 12.8. The fraction of sp³-hybridized carbons (Fsp3) is 0.406. The third-order valence-electron chi connectivity index (χ3n) is 7.23. The minimum absolute atomic E-state index is 0.151. The number of Topliss-reactive ketones (excluding diaryl/α,β-unsaturated/α-hetero) is 1. The predicted octanol–water partition coefficient (Wildman–Crippen LogP) is 9.22. The molecule has 2 aliphatic carbocycles. The van der Waals surface area contributed by atoms with Crippen molar-refractivity contribution in [2.75, 3.05) is 0 Å². The Kier molecular flexibility index (Phi) is 9.32. The number of rotatable bonds is 3. The van der Waals surface area contributed by atoms with E-state index in [2.05, 4.69) is 29.9 Å². The Balaban J connectivity index is 0.000000144. The van der Waals surface area contributed by atoms with E-state index in [4.69, 9.17) is 0 Å². The molecule has 0 saturated heterocycles. The lowest BCUT2D eigenvalue weighted by Crippen LogP contribution is -2.02. The normalized spacial score (nSPS) is 15.6. The summed E-state index contributed by atoms with van der Waals surface area (Å²) in [7, 11) is 0. The van der Waals surface area contributed by atoms with Gasteiger partial charge in [-0.15, -0.1) is 0 Å². The van der Waals surface area contributed by atoms with E-state index in [0.29, 0.717) is 5.78 Å². The standard InChI is InChI=1S/C16H18FN.C10H10FN.C6H10O/c1-2-14-16(11-6-4-3-5-7-11)13-10-12(17)8-9-15(13)18-14;1-2-9-6-7-5-8(11)3-4-10(7)12-9;7-6-4-2-1-3-5-6/h6,8-10,18H,2-5,7H2,1H3;3-6,12H,2H2,1H3;1-5H2. The summed E-state index contributed by atoms with van der Waals surface area (Å²) >= 11 is 0. The molecule has 0 aliphatic heterocycles. The predicted molar refractivity (Wildman–Crippen MR) is 150 cm³/mol. The highest BCUT2D eigenvalue weighted by molar-refractivity contribution is 5.94. The first kappa shape index (κ1) is 26.8. The van der Waals surface area contributed by atoms with Crippen molar-refractivity contribution in [3.63, 3.8) is 0 Å². The third kappa shape index (κ3) is 6.97. The number of H-pyrrole nitrogens is 2. The third-order valence-corrected chi connectivity index (χ3v) is 7.23. The van der Waals surface area contributed by atoms with E-state index >= 15 is 0 Å². The molecule has 0 amide bonds. The molecule has 3 nitrogen and oxygen atoms in total. The summed E-state index contributed by atoms with van der Waals surface area (Å²) in [6.45, 7) is 4.22. The number of aryl methyl sites for hydroxylation is 2. The first-order valence-electron chi connectivity index (χ1n) is 13.8. The maximum absolute atomic E-state index is 13.5. The van der Waals surface area contributed by atoms with Crippen LogP contribution in [0.4, 0.5) is 8.78 Å². The number of aromatic amines is 2. The number of hydrogen-bond acceptors (Lipinski definition) is 1. The Hall–Kier alpha value is -3.21. The molecule has 0 atom stereocenters. The van der Waals surface area contributed by atoms with Crippen molar-refractivity contribution >= 4 is 33.2 Å². The van der Waals surface area contributed by atoms with Gasteiger partial charge in [0, 0.05) is 51.6 Å².